The van der Waals surface area contributed by atoms with E-state index >= 15 is 0 Å². The van der Waals surface area contributed by atoms with E-state index in [1.54, 1.807) is 11.3 Å². The first-order chi connectivity index (χ1) is 8.29. The molecule has 0 spiro atoms. The second kappa shape index (κ2) is 4.12. The van der Waals surface area contributed by atoms with Gasteiger partial charge < -0.3 is 15.7 Å². The summed E-state index contributed by atoms with van der Waals surface area (Å²) in [4.78, 5) is 10.7. The SMILES string of the molecule is Nc1nc(N2CCCC2CO)c2sccc2n1. The molecule has 17 heavy (non-hydrogen) atoms. The van der Waals surface area contributed by atoms with Crippen molar-refractivity contribution in [2.24, 2.45) is 0 Å². The Kier molecular flexibility index (Phi) is 2.60. The van der Waals surface area contributed by atoms with Crippen molar-refractivity contribution >= 4 is 33.3 Å². The molecule has 1 aliphatic rings. The number of fused-ring (bicyclic) bond motifs is 1. The fraction of sp³-hybridized carbons (Fsp3) is 0.455. The van der Waals surface area contributed by atoms with Crippen molar-refractivity contribution in [1.82, 2.24) is 9.97 Å². The lowest BCUT2D eigenvalue weighted by Gasteiger charge is -2.24. The van der Waals surface area contributed by atoms with Crippen molar-refractivity contribution in [3.05, 3.63) is 11.4 Å². The van der Waals surface area contributed by atoms with E-state index in [9.17, 15) is 5.11 Å². The maximum atomic E-state index is 9.38. The molecule has 0 aromatic carbocycles. The van der Waals surface area contributed by atoms with Crippen LogP contribution in [0.15, 0.2) is 11.4 Å². The minimum Gasteiger partial charge on any atom is -0.394 e. The van der Waals surface area contributed by atoms with Crippen LogP contribution in [0.25, 0.3) is 10.2 Å². The van der Waals surface area contributed by atoms with Crippen LogP contribution in [0.3, 0.4) is 0 Å². The topological polar surface area (TPSA) is 75.3 Å². The fourth-order valence-electron chi connectivity index (χ4n) is 2.36. The Hall–Kier alpha value is -1.40. The van der Waals surface area contributed by atoms with Crippen LogP contribution in [-0.4, -0.2) is 34.3 Å². The highest BCUT2D eigenvalue weighted by Crippen LogP contribution is 2.33. The lowest BCUT2D eigenvalue weighted by molar-refractivity contribution is 0.266. The number of nitrogens with two attached hydrogens (primary N) is 1. The zero-order chi connectivity index (χ0) is 11.8. The van der Waals surface area contributed by atoms with Gasteiger partial charge in [0, 0.05) is 6.54 Å². The molecule has 3 heterocycles. The van der Waals surface area contributed by atoms with E-state index in [1.165, 1.54) is 0 Å². The third kappa shape index (κ3) is 1.73. The molecule has 1 fully saturated rings. The Balaban J connectivity index is 2.12. The zero-order valence-corrected chi connectivity index (χ0v) is 10.2. The Morgan fingerprint density at radius 3 is 3.24 bits per heavy atom. The number of anilines is 2. The van der Waals surface area contributed by atoms with Crippen LogP contribution in [-0.2, 0) is 0 Å². The first-order valence-corrected chi connectivity index (χ1v) is 6.56. The second-order valence-electron chi connectivity index (χ2n) is 4.21. The van der Waals surface area contributed by atoms with Gasteiger partial charge in [-0.2, -0.15) is 4.98 Å². The quantitative estimate of drug-likeness (QED) is 0.838. The fourth-order valence-corrected chi connectivity index (χ4v) is 3.20. The molecule has 3 rings (SSSR count). The number of hydrogen-bond donors (Lipinski definition) is 2. The predicted octanol–water partition coefficient (Wildman–Crippen LogP) is 1.23. The van der Waals surface area contributed by atoms with Crippen molar-refractivity contribution in [3.8, 4) is 0 Å². The molecule has 0 radical (unpaired) electrons. The molecule has 0 amide bonds. The number of nitrogens with zero attached hydrogens (tertiary/aromatic N) is 3. The third-order valence-electron chi connectivity index (χ3n) is 3.16. The largest absolute Gasteiger partial charge is 0.394 e. The van der Waals surface area contributed by atoms with Gasteiger partial charge in [0.15, 0.2) is 5.82 Å². The van der Waals surface area contributed by atoms with Crippen LogP contribution >= 0.6 is 11.3 Å². The molecule has 1 atom stereocenters. The molecule has 1 aliphatic heterocycles. The molecule has 1 saturated heterocycles. The summed E-state index contributed by atoms with van der Waals surface area (Å²) < 4.78 is 1.06. The molecular formula is C11H14N4OS. The Morgan fingerprint density at radius 1 is 1.53 bits per heavy atom. The maximum absolute atomic E-state index is 9.38. The molecule has 0 bridgehead atoms. The van der Waals surface area contributed by atoms with Crippen molar-refractivity contribution in [2.45, 2.75) is 18.9 Å². The lowest BCUT2D eigenvalue weighted by atomic mass is 10.2. The first-order valence-electron chi connectivity index (χ1n) is 5.68. The zero-order valence-electron chi connectivity index (χ0n) is 9.33. The molecule has 5 nitrogen and oxygen atoms in total. The van der Waals surface area contributed by atoms with E-state index < -0.39 is 0 Å². The van der Waals surface area contributed by atoms with Crippen LogP contribution < -0.4 is 10.6 Å². The van der Waals surface area contributed by atoms with Crippen LogP contribution in [0.2, 0.25) is 0 Å². The number of hydrogen-bond acceptors (Lipinski definition) is 6. The van der Waals surface area contributed by atoms with Gasteiger partial charge in [0.1, 0.15) is 0 Å². The van der Waals surface area contributed by atoms with Crippen LogP contribution in [0.5, 0.6) is 0 Å². The first kappa shape index (κ1) is 10.7. The van der Waals surface area contributed by atoms with Gasteiger partial charge in [0.25, 0.3) is 0 Å². The highest BCUT2D eigenvalue weighted by Gasteiger charge is 2.27. The summed E-state index contributed by atoms with van der Waals surface area (Å²) >= 11 is 1.62. The summed E-state index contributed by atoms with van der Waals surface area (Å²) in [5, 5.41) is 11.4. The molecule has 90 valence electrons. The third-order valence-corrected chi connectivity index (χ3v) is 4.06. The van der Waals surface area contributed by atoms with Gasteiger partial charge in [-0.05, 0) is 24.3 Å². The average Bonchev–Trinajstić information content (AvgIpc) is 2.95. The monoisotopic (exact) mass is 250 g/mol. The Morgan fingerprint density at radius 2 is 2.41 bits per heavy atom. The summed E-state index contributed by atoms with van der Waals surface area (Å²) in [6.07, 6.45) is 2.09. The van der Waals surface area contributed by atoms with Crippen molar-refractivity contribution in [2.75, 3.05) is 23.8 Å². The van der Waals surface area contributed by atoms with Gasteiger partial charge in [0.2, 0.25) is 5.95 Å². The molecular weight excluding hydrogens is 236 g/mol. The van der Waals surface area contributed by atoms with E-state index in [2.05, 4.69) is 14.9 Å². The number of aliphatic hydroxyl groups excluding tert-OH is 1. The van der Waals surface area contributed by atoms with E-state index in [4.69, 9.17) is 5.73 Å². The minimum absolute atomic E-state index is 0.162. The summed E-state index contributed by atoms with van der Waals surface area (Å²) in [5.74, 6) is 1.17. The Labute approximate surface area is 103 Å². The lowest BCUT2D eigenvalue weighted by Crippen LogP contribution is -2.33. The standard InChI is InChI=1S/C11H14N4OS/c12-11-13-8-3-5-17-9(8)10(14-11)15-4-1-2-7(15)6-16/h3,5,7,16H,1-2,4,6H2,(H2,12,13,14). The summed E-state index contributed by atoms with van der Waals surface area (Å²) in [5.41, 5.74) is 6.62. The number of rotatable bonds is 2. The van der Waals surface area contributed by atoms with E-state index in [0.29, 0.717) is 5.95 Å². The maximum Gasteiger partial charge on any atom is 0.222 e. The molecule has 6 heteroatoms. The van der Waals surface area contributed by atoms with Gasteiger partial charge in [0.05, 0.1) is 22.9 Å². The second-order valence-corrected chi connectivity index (χ2v) is 5.13. The number of nitrogen functional groups attached to an aromatic ring is 1. The van der Waals surface area contributed by atoms with Gasteiger partial charge in [-0.1, -0.05) is 0 Å². The number of thiophene rings is 1. The number of aliphatic hydroxyl groups is 1. The molecule has 2 aromatic heterocycles. The summed E-state index contributed by atoms with van der Waals surface area (Å²) in [6, 6.07) is 2.11. The Bertz CT molecular complexity index is 541. The van der Waals surface area contributed by atoms with Crippen LogP contribution in [0.4, 0.5) is 11.8 Å². The normalized spacial score (nSPS) is 20.3. The molecule has 0 saturated carbocycles. The van der Waals surface area contributed by atoms with E-state index in [1.807, 2.05) is 11.4 Å². The van der Waals surface area contributed by atoms with Crippen LogP contribution in [0, 0.1) is 0 Å². The van der Waals surface area contributed by atoms with E-state index in [-0.39, 0.29) is 12.6 Å². The molecule has 3 N–H and O–H groups in total. The average molecular weight is 250 g/mol. The van der Waals surface area contributed by atoms with Gasteiger partial charge in [-0.25, -0.2) is 4.98 Å². The van der Waals surface area contributed by atoms with Crippen molar-refractivity contribution in [1.29, 1.82) is 0 Å². The number of aromatic nitrogens is 2. The van der Waals surface area contributed by atoms with Gasteiger partial charge >= 0.3 is 0 Å². The van der Waals surface area contributed by atoms with Crippen molar-refractivity contribution < 1.29 is 5.11 Å². The minimum atomic E-state index is 0.162. The van der Waals surface area contributed by atoms with Crippen LogP contribution in [0.1, 0.15) is 12.8 Å². The highest BCUT2D eigenvalue weighted by atomic mass is 32.1. The predicted molar refractivity (Wildman–Crippen MR) is 69.3 cm³/mol. The summed E-state index contributed by atoms with van der Waals surface area (Å²) in [7, 11) is 0. The molecule has 2 aromatic rings. The van der Waals surface area contributed by atoms with Gasteiger partial charge in [-0.15, -0.1) is 11.3 Å². The summed E-state index contributed by atoms with van der Waals surface area (Å²) in [6.45, 7) is 1.09. The molecule has 1 unspecified atom stereocenters. The van der Waals surface area contributed by atoms with E-state index in [0.717, 1.165) is 35.4 Å². The van der Waals surface area contributed by atoms with Gasteiger partial charge in [-0.3, -0.25) is 0 Å². The highest BCUT2D eigenvalue weighted by molar-refractivity contribution is 7.17. The smallest absolute Gasteiger partial charge is 0.222 e. The molecule has 0 aliphatic carbocycles. The van der Waals surface area contributed by atoms with Crippen molar-refractivity contribution in [3.63, 3.8) is 0 Å².